The molecule has 1 aromatic heterocycles. The van der Waals surface area contributed by atoms with Crippen LogP contribution in [0.5, 0.6) is 0 Å². The highest BCUT2D eigenvalue weighted by Crippen LogP contribution is 2.25. The molecule has 4 nitrogen and oxygen atoms in total. The van der Waals surface area contributed by atoms with Crippen molar-refractivity contribution >= 4 is 17.7 Å². The van der Waals surface area contributed by atoms with Gasteiger partial charge in [0.15, 0.2) is 0 Å². The summed E-state index contributed by atoms with van der Waals surface area (Å²) in [5, 5.41) is 13.2. The third-order valence-electron chi connectivity index (χ3n) is 2.95. The van der Waals surface area contributed by atoms with E-state index in [1.54, 1.807) is 11.8 Å². The van der Waals surface area contributed by atoms with E-state index in [1.807, 2.05) is 17.9 Å². The Morgan fingerprint density at radius 3 is 2.70 bits per heavy atom. The maximum atomic E-state index is 10.5. The first-order chi connectivity index (χ1) is 9.56. The lowest BCUT2D eigenvalue weighted by Crippen LogP contribution is -1.96. The second-order valence-electron chi connectivity index (χ2n) is 4.74. The van der Waals surface area contributed by atoms with Gasteiger partial charge in [0, 0.05) is 35.9 Å². The first-order valence-corrected chi connectivity index (χ1v) is 7.61. The zero-order chi connectivity index (χ0) is 14.5. The van der Waals surface area contributed by atoms with Gasteiger partial charge in [0.2, 0.25) is 0 Å². The third kappa shape index (κ3) is 3.87. The Morgan fingerprint density at radius 2 is 2.05 bits per heavy atom. The van der Waals surface area contributed by atoms with Crippen molar-refractivity contribution in [3.63, 3.8) is 0 Å². The fourth-order valence-corrected chi connectivity index (χ4v) is 2.83. The summed E-state index contributed by atoms with van der Waals surface area (Å²) in [5.74, 6) is 0.657. The Morgan fingerprint density at radius 1 is 1.35 bits per heavy atom. The van der Waals surface area contributed by atoms with E-state index in [0.717, 1.165) is 22.6 Å². The molecule has 0 radical (unpaired) electrons. The minimum absolute atomic E-state index is 0.199. The molecule has 1 aromatic carbocycles. The number of benzene rings is 1. The van der Waals surface area contributed by atoms with Gasteiger partial charge in [-0.3, -0.25) is 9.48 Å². The molecule has 106 valence electrons. The van der Waals surface area contributed by atoms with Gasteiger partial charge in [0.1, 0.15) is 0 Å². The molecule has 0 saturated carbocycles. The predicted octanol–water partition coefficient (Wildman–Crippen LogP) is 3.10. The number of nitrogens with zero attached hydrogens (tertiary/aromatic N) is 2. The number of aromatic nitrogens is 2. The number of aliphatic carboxylic acids is 1. The van der Waals surface area contributed by atoms with Gasteiger partial charge >= 0.3 is 5.97 Å². The molecule has 2 rings (SSSR count). The summed E-state index contributed by atoms with van der Waals surface area (Å²) in [6.45, 7) is 2.06. The van der Waals surface area contributed by atoms with Crippen molar-refractivity contribution < 1.29 is 9.90 Å². The molecular formula is C15H18N2O2S. The van der Waals surface area contributed by atoms with E-state index in [0.29, 0.717) is 5.75 Å². The average molecular weight is 290 g/mol. The molecule has 0 aliphatic heterocycles. The number of carboxylic acids is 1. The molecule has 0 aliphatic rings. The Balaban J connectivity index is 2.09. The smallest absolute Gasteiger partial charge is 0.304 e. The third-order valence-corrected chi connectivity index (χ3v) is 3.96. The molecule has 0 spiro atoms. The molecule has 2 aromatic rings. The normalized spacial score (nSPS) is 10.7. The van der Waals surface area contributed by atoms with Crippen LogP contribution in [0.25, 0.3) is 11.3 Å². The highest BCUT2D eigenvalue weighted by atomic mass is 32.2. The molecule has 0 aliphatic carbocycles. The van der Waals surface area contributed by atoms with E-state index >= 15 is 0 Å². The quantitative estimate of drug-likeness (QED) is 0.831. The van der Waals surface area contributed by atoms with Crippen LogP contribution in [0.3, 0.4) is 0 Å². The minimum Gasteiger partial charge on any atom is -0.481 e. The summed E-state index contributed by atoms with van der Waals surface area (Å²) in [4.78, 5) is 10.5. The van der Waals surface area contributed by atoms with Crippen LogP contribution >= 0.6 is 11.8 Å². The maximum Gasteiger partial charge on any atom is 0.304 e. The van der Waals surface area contributed by atoms with Crippen LogP contribution in [-0.2, 0) is 17.6 Å². The standard InChI is InChI=1S/C15H18N2O2S/c1-11-3-5-12(6-4-11)15-13(9-17(2)16-15)10-20-8-7-14(18)19/h3-6,9H,7-8,10H2,1-2H3,(H,18,19). The molecule has 5 heteroatoms. The monoisotopic (exact) mass is 290 g/mol. The van der Waals surface area contributed by atoms with E-state index in [9.17, 15) is 4.79 Å². The zero-order valence-electron chi connectivity index (χ0n) is 11.7. The van der Waals surface area contributed by atoms with Crippen LogP contribution in [-0.4, -0.2) is 26.6 Å². The number of carbonyl (C=O) groups is 1. The van der Waals surface area contributed by atoms with Crippen molar-refractivity contribution in [2.24, 2.45) is 7.05 Å². The fraction of sp³-hybridized carbons (Fsp3) is 0.333. The number of aryl methyl sites for hydroxylation is 2. The topological polar surface area (TPSA) is 55.1 Å². The van der Waals surface area contributed by atoms with Crippen LogP contribution < -0.4 is 0 Å². The first-order valence-electron chi connectivity index (χ1n) is 6.45. The van der Waals surface area contributed by atoms with Crippen molar-refractivity contribution in [1.82, 2.24) is 9.78 Å². The Bertz CT molecular complexity index is 590. The van der Waals surface area contributed by atoms with Crippen molar-refractivity contribution in [1.29, 1.82) is 0 Å². The Hall–Kier alpha value is -1.75. The zero-order valence-corrected chi connectivity index (χ0v) is 12.5. The number of thioether (sulfide) groups is 1. The second kappa shape index (κ2) is 6.61. The van der Waals surface area contributed by atoms with E-state index in [1.165, 1.54) is 5.56 Å². The van der Waals surface area contributed by atoms with Gasteiger partial charge < -0.3 is 5.11 Å². The summed E-state index contributed by atoms with van der Waals surface area (Å²) in [6, 6.07) is 8.29. The molecule has 0 saturated heterocycles. The molecule has 0 amide bonds. The van der Waals surface area contributed by atoms with Crippen molar-refractivity contribution in [2.75, 3.05) is 5.75 Å². The lowest BCUT2D eigenvalue weighted by molar-refractivity contribution is -0.136. The Kier molecular flexibility index (Phi) is 4.84. The van der Waals surface area contributed by atoms with Gasteiger partial charge in [-0.05, 0) is 6.92 Å². The second-order valence-corrected chi connectivity index (χ2v) is 5.84. The summed E-state index contributed by atoms with van der Waals surface area (Å²) >= 11 is 1.63. The van der Waals surface area contributed by atoms with Crippen molar-refractivity contribution in [2.45, 2.75) is 19.1 Å². The van der Waals surface area contributed by atoms with Gasteiger partial charge in [-0.25, -0.2) is 0 Å². The molecule has 1 heterocycles. The average Bonchev–Trinajstić information content (AvgIpc) is 2.76. The van der Waals surface area contributed by atoms with E-state index in [4.69, 9.17) is 5.11 Å². The predicted molar refractivity (Wildman–Crippen MR) is 81.8 cm³/mol. The lowest BCUT2D eigenvalue weighted by Gasteiger charge is -2.03. The minimum atomic E-state index is -0.748. The number of rotatable bonds is 6. The largest absolute Gasteiger partial charge is 0.481 e. The molecule has 0 unspecified atom stereocenters. The van der Waals surface area contributed by atoms with E-state index in [-0.39, 0.29) is 6.42 Å². The van der Waals surface area contributed by atoms with Crippen LogP contribution in [0.2, 0.25) is 0 Å². The van der Waals surface area contributed by atoms with Gasteiger partial charge in [0.25, 0.3) is 0 Å². The highest BCUT2D eigenvalue weighted by Gasteiger charge is 2.10. The fourth-order valence-electron chi connectivity index (χ4n) is 1.94. The van der Waals surface area contributed by atoms with E-state index in [2.05, 4.69) is 36.3 Å². The summed E-state index contributed by atoms with van der Waals surface area (Å²) < 4.78 is 1.81. The van der Waals surface area contributed by atoms with Crippen LogP contribution in [0.4, 0.5) is 0 Å². The first kappa shape index (κ1) is 14.7. The number of hydrogen-bond acceptors (Lipinski definition) is 3. The summed E-state index contributed by atoms with van der Waals surface area (Å²) in [7, 11) is 1.91. The molecular weight excluding hydrogens is 272 g/mol. The SMILES string of the molecule is Cc1ccc(-c2nn(C)cc2CSCCC(=O)O)cc1. The molecule has 0 atom stereocenters. The van der Waals surface area contributed by atoms with Gasteiger partial charge in [-0.1, -0.05) is 29.8 Å². The van der Waals surface area contributed by atoms with Gasteiger partial charge in [-0.15, -0.1) is 0 Å². The molecule has 0 fully saturated rings. The summed E-state index contributed by atoms with van der Waals surface area (Å²) in [5.41, 5.74) is 4.45. The van der Waals surface area contributed by atoms with Crippen LogP contribution in [0.15, 0.2) is 30.5 Å². The lowest BCUT2D eigenvalue weighted by atomic mass is 10.1. The van der Waals surface area contributed by atoms with Gasteiger partial charge in [0.05, 0.1) is 12.1 Å². The summed E-state index contributed by atoms with van der Waals surface area (Å²) in [6.07, 6.45) is 2.20. The van der Waals surface area contributed by atoms with Crippen molar-refractivity contribution in [3.05, 3.63) is 41.6 Å². The highest BCUT2D eigenvalue weighted by molar-refractivity contribution is 7.98. The molecule has 1 N–H and O–H groups in total. The molecule has 0 bridgehead atoms. The maximum absolute atomic E-state index is 10.5. The van der Waals surface area contributed by atoms with Crippen LogP contribution in [0.1, 0.15) is 17.5 Å². The number of hydrogen-bond donors (Lipinski definition) is 1. The Labute approximate surface area is 122 Å². The number of carboxylic acid groups (broad SMARTS) is 1. The molecule has 20 heavy (non-hydrogen) atoms. The van der Waals surface area contributed by atoms with Crippen LogP contribution in [0, 0.1) is 6.92 Å². The van der Waals surface area contributed by atoms with Crippen molar-refractivity contribution in [3.8, 4) is 11.3 Å². The van der Waals surface area contributed by atoms with Gasteiger partial charge in [-0.2, -0.15) is 16.9 Å². The van der Waals surface area contributed by atoms with E-state index < -0.39 is 5.97 Å².